The van der Waals surface area contributed by atoms with E-state index in [0.717, 1.165) is 31.9 Å². The molecule has 22 heavy (non-hydrogen) atoms. The molecular weight excluding hydrogens is 289 g/mol. The number of aromatic nitrogens is 3. The maximum atomic E-state index is 12.8. The van der Waals surface area contributed by atoms with Crippen molar-refractivity contribution in [3.05, 3.63) is 35.9 Å². The van der Waals surface area contributed by atoms with Crippen molar-refractivity contribution in [1.82, 2.24) is 20.4 Å². The summed E-state index contributed by atoms with van der Waals surface area (Å²) in [4.78, 5) is 20.2. The summed E-state index contributed by atoms with van der Waals surface area (Å²) < 4.78 is 17.8. The van der Waals surface area contributed by atoms with Crippen LogP contribution in [0.1, 0.15) is 37.4 Å². The van der Waals surface area contributed by atoms with Gasteiger partial charge in [-0.25, -0.2) is 14.2 Å². The second kappa shape index (κ2) is 5.70. The highest BCUT2D eigenvalue weighted by Crippen LogP contribution is 2.37. The van der Waals surface area contributed by atoms with Gasteiger partial charge in [-0.2, -0.15) is 4.98 Å². The maximum absolute atomic E-state index is 12.8. The Morgan fingerprint density at radius 3 is 2.73 bits per heavy atom. The van der Waals surface area contributed by atoms with E-state index >= 15 is 0 Å². The van der Waals surface area contributed by atoms with E-state index in [9.17, 15) is 9.18 Å². The molecule has 0 radical (unpaired) electrons. The summed E-state index contributed by atoms with van der Waals surface area (Å²) in [5, 5.41) is 9.45. The molecule has 116 valence electrons. The number of nitrogens with one attached hydrogen (secondary N) is 2. The second-order valence-corrected chi connectivity index (χ2v) is 5.37. The molecule has 1 saturated carbocycles. The number of urea groups is 1. The molecule has 7 nitrogen and oxygen atoms in total. The molecule has 0 unspecified atom stereocenters. The molecule has 2 N–H and O–H groups in total. The first-order valence-corrected chi connectivity index (χ1v) is 7.09. The highest BCUT2D eigenvalue weighted by Gasteiger charge is 2.41. The van der Waals surface area contributed by atoms with Crippen LogP contribution in [0.25, 0.3) is 0 Å². The number of amides is 2. The molecule has 0 aliphatic heterocycles. The number of aryl methyl sites for hydroxylation is 1. The highest BCUT2D eigenvalue weighted by atomic mass is 19.1. The van der Waals surface area contributed by atoms with Crippen molar-refractivity contribution in [3.8, 4) is 0 Å². The summed E-state index contributed by atoms with van der Waals surface area (Å²) in [6.45, 7) is 1.71. The number of nitrogens with zero attached hydrogens (tertiary/aromatic N) is 3. The van der Waals surface area contributed by atoms with Crippen molar-refractivity contribution in [1.29, 1.82) is 0 Å². The minimum atomic E-state index is -0.623. The summed E-state index contributed by atoms with van der Waals surface area (Å²) >= 11 is 0. The van der Waals surface area contributed by atoms with Gasteiger partial charge in [0.2, 0.25) is 5.89 Å². The molecule has 1 aliphatic carbocycles. The molecule has 2 aromatic rings. The summed E-state index contributed by atoms with van der Waals surface area (Å²) in [5.74, 6) is 0.769. The largest absolute Gasteiger partial charge is 0.340 e. The zero-order valence-electron chi connectivity index (χ0n) is 12.1. The number of hydrogen-bond acceptors (Lipinski definition) is 5. The molecule has 0 spiro atoms. The van der Waals surface area contributed by atoms with E-state index in [1.54, 1.807) is 6.92 Å². The van der Waals surface area contributed by atoms with E-state index in [-0.39, 0.29) is 5.82 Å². The fourth-order valence-corrected chi connectivity index (χ4v) is 2.69. The van der Waals surface area contributed by atoms with Crippen molar-refractivity contribution >= 4 is 11.8 Å². The van der Waals surface area contributed by atoms with Gasteiger partial charge in [0.25, 0.3) is 0 Å². The number of pyridine rings is 1. The molecule has 0 aromatic carbocycles. The summed E-state index contributed by atoms with van der Waals surface area (Å²) in [6.07, 6.45) is 4.49. The molecule has 8 heteroatoms. The predicted octanol–water partition coefficient (Wildman–Crippen LogP) is 2.50. The number of hydrogen-bond donors (Lipinski definition) is 2. The zero-order valence-corrected chi connectivity index (χ0v) is 12.1. The van der Waals surface area contributed by atoms with Crippen LogP contribution in [0.2, 0.25) is 0 Å². The Balaban J connectivity index is 1.74. The Hall–Kier alpha value is -2.51. The van der Waals surface area contributed by atoms with Gasteiger partial charge in [0.1, 0.15) is 17.2 Å². The monoisotopic (exact) mass is 305 g/mol. The van der Waals surface area contributed by atoms with Crippen LogP contribution in [0, 0.1) is 12.7 Å². The Bertz CT molecular complexity index is 664. The summed E-state index contributed by atoms with van der Waals surface area (Å²) in [7, 11) is 0. The second-order valence-electron chi connectivity index (χ2n) is 5.37. The van der Waals surface area contributed by atoms with Gasteiger partial charge in [-0.1, -0.05) is 18.0 Å². The molecule has 1 fully saturated rings. The van der Waals surface area contributed by atoms with Gasteiger partial charge in [-0.15, -0.1) is 0 Å². The van der Waals surface area contributed by atoms with Crippen LogP contribution in [0.4, 0.5) is 15.0 Å². The molecule has 1 aliphatic rings. The van der Waals surface area contributed by atoms with Crippen LogP contribution < -0.4 is 10.6 Å². The van der Waals surface area contributed by atoms with Crippen molar-refractivity contribution in [2.45, 2.75) is 38.1 Å². The van der Waals surface area contributed by atoms with E-state index in [0.29, 0.717) is 11.7 Å². The molecule has 2 aromatic heterocycles. The highest BCUT2D eigenvalue weighted by molar-refractivity contribution is 5.88. The molecule has 2 heterocycles. The standard InChI is InChI=1S/C14H16FN5O2/c1-9-17-12(20-22-9)14(6-2-3-7-14)19-13(21)18-11-5-4-10(15)8-16-11/h4-5,8H,2-3,6-7H2,1H3,(H2,16,18,19,21). The van der Waals surface area contributed by atoms with Crippen molar-refractivity contribution in [3.63, 3.8) is 0 Å². The van der Waals surface area contributed by atoms with E-state index in [1.807, 2.05) is 0 Å². The van der Waals surface area contributed by atoms with Crippen LogP contribution in [-0.2, 0) is 5.54 Å². The van der Waals surface area contributed by atoms with Gasteiger partial charge in [0, 0.05) is 6.92 Å². The quantitative estimate of drug-likeness (QED) is 0.908. The smallest absolute Gasteiger partial charge is 0.321 e. The maximum Gasteiger partial charge on any atom is 0.321 e. The Morgan fingerprint density at radius 2 is 2.14 bits per heavy atom. The number of anilines is 1. The SMILES string of the molecule is Cc1nc(C2(NC(=O)Nc3ccc(F)cn3)CCCC2)no1. The van der Waals surface area contributed by atoms with Crippen molar-refractivity contribution in [2.24, 2.45) is 0 Å². The van der Waals surface area contributed by atoms with Crippen LogP contribution in [0.5, 0.6) is 0 Å². The van der Waals surface area contributed by atoms with Gasteiger partial charge in [-0.05, 0) is 25.0 Å². The minimum absolute atomic E-state index is 0.274. The van der Waals surface area contributed by atoms with Gasteiger partial charge in [0.05, 0.1) is 6.20 Å². The third kappa shape index (κ3) is 2.90. The lowest BCUT2D eigenvalue weighted by Crippen LogP contribution is -2.46. The molecule has 3 rings (SSSR count). The lowest BCUT2D eigenvalue weighted by Gasteiger charge is -2.26. The summed E-state index contributed by atoms with van der Waals surface area (Å²) in [5.41, 5.74) is -0.623. The van der Waals surface area contributed by atoms with E-state index in [1.165, 1.54) is 12.1 Å². The Morgan fingerprint density at radius 1 is 1.36 bits per heavy atom. The Kier molecular flexibility index (Phi) is 3.74. The van der Waals surface area contributed by atoms with E-state index < -0.39 is 17.4 Å². The average Bonchev–Trinajstić information content (AvgIpc) is 3.11. The third-order valence-corrected chi connectivity index (χ3v) is 3.73. The number of rotatable bonds is 3. The van der Waals surface area contributed by atoms with Crippen molar-refractivity contribution in [2.75, 3.05) is 5.32 Å². The van der Waals surface area contributed by atoms with Gasteiger partial charge in [0.15, 0.2) is 5.82 Å². The third-order valence-electron chi connectivity index (χ3n) is 3.73. The Labute approximate surface area is 126 Å². The number of halogens is 1. The van der Waals surface area contributed by atoms with Crippen molar-refractivity contribution < 1.29 is 13.7 Å². The topological polar surface area (TPSA) is 92.9 Å². The molecule has 0 atom stereocenters. The van der Waals surface area contributed by atoms with E-state index in [4.69, 9.17) is 4.52 Å². The molecular formula is C14H16FN5O2. The fourth-order valence-electron chi connectivity index (χ4n) is 2.69. The predicted molar refractivity (Wildman–Crippen MR) is 75.5 cm³/mol. The first kappa shape index (κ1) is 14.4. The van der Waals surface area contributed by atoms with Crippen LogP contribution >= 0.6 is 0 Å². The van der Waals surface area contributed by atoms with Gasteiger partial charge >= 0.3 is 6.03 Å². The normalized spacial score (nSPS) is 16.5. The molecule has 2 amide bonds. The van der Waals surface area contributed by atoms with Gasteiger partial charge in [-0.3, -0.25) is 5.32 Å². The zero-order chi connectivity index (χ0) is 15.6. The number of carbonyl (C=O) groups is 1. The minimum Gasteiger partial charge on any atom is -0.340 e. The lowest BCUT2D eigenvalue weighted by molar-refractivity contribution is 0.232. The first-order valence-electron chi connectivity index (χ1n) is 7.09. The first-order chi connectivity index (χ1) is 10.6. The summed E-state index contributed by atoms with van der Waals surface area (Å²) in [6, 6.07) is 2.20. The molecule has 0 saturated heterocycles. The number of carbonyl (C=O) groups excluding carboxylic acids is 1. The average molecular weight is 305 g/mol. The van der Waals surface area contributed by atoms with Gasteiger partial charge < -0.3 is 9.84 Å². The van der Waals surface area contributed by atoms with Crippen LogP contribution in [0.3, 0.4) is 0 Å². The molecule has 0 bridgehead atoms. The van der Waals surface area contributed by atoms with Crippen LogP contribution in [0.15, 0.2) is 22.9 Å². The fraction of sp³-hybridized carbons (Fsp3) is 0.429. The van der Waals surface area contributed by atoms with Crippen LogP contribution in [-0.4, -0.2) is 21.2 Å². The lowest BCUT2D eigenvalue weighted by atomic mass is 9.97. The van der Waals surface area contributed by atoms with E-state index in [2.05, 4.69) is 25.8 Å².